The van der Waals surface area contributed by atoms with Gasteiger partial charge in [-0.3, -0.25) is 0 Å². The molecule has 0 unspecified atom stereocenters. The number of rotatable bonds is 9. The summed E-state index contributed by atoms with van der Waals surface area (Å²) in [6.45, 7) is 3.90. The smallest absolute Gasteiger partial charge is 0.191 e. The van der Waals surface area contributed by atoms with Crippen LogP contribution in [0.5, 0.6) is 5.75 Å². The third-order valence-electron chi connectivity index (χ3n) is 6.93. The van der Waals surface area contributed by atoms with Gasteiger partial charge >= 0.3 is 0 Å². The molecule has 214 valence electrons. The van der Waals surface area contributed by atoms with E-state index in [-0.39, 0.29) is 5.75 Å². The van der Waals surface area contributed by atoms with Gasteiger partial charge < -0.3 is 20.3 Å². The monoisotopic (exact) mass is 599 g/mol. The summed E-state index contributed by atoms with van der Waals surface area (Å²) in [7, 11) is 1.82. The minimum Gasteiger partial charge on any atom is -0.491 e. The van der Waals surface area contributed by atoms with E-state index in [2.05, 4.69) is 55.5 Å². The SMILES string of the molecule is CNCC#Cc1ccc(OCCCc2cnc(N3CCCc4c3nnc(Nc3nc5ccccc5s3)c4C)s2)c(F)c1. The highest BCUT2D eigenvalue weighted by atomic mass is 32.1. The van der Waals surface area contributed by atoms with Gasteiger partial charge in [-0.15, -0.1) is 21.5 Å². The molecule has 0 aliphatic carbocycles. The van der Waals surface area contributed by atoms with Crippen molar-refractivity contribution >= 4 is 54.8 Å². The van der Waals surface area contributed by atoms with E-state index < -0.39 is 5.82 Å². The van der Waals surface area contributed by atoms with E-state index in [9.17, 15) is 4.39 Å². The topological polar surface area (TPSA) is 88.1 Å². The fourth-order valence-electron chi connectivity index (χ4n) is 4.81. The standard InChI is InChI=1S/C31H30FN7OS2/c1-20-23-10-6-16-39(29(23)38-37-28(20)36-30-35-25-11-3-4-12-27(25)42-30)31-34-19-22(41-31)9-7-17-40-26-14-13-21(18-24(26)32)8-5-15-33-2/h3-4,11-14,18-19,33H,6-7,9-10,15-17H2,1-2H3,(H,35,36,37). The molecular formula is C31H30FN7OS2. The maximum Gasteiger partial charge on any atom is 0.191 e. The third kappa shape index (κ3) is 6.21. The molecular weight excluding hydrogens is 570 g/mol. The Hall–Kier alpha value is -4.11. The number of halogens is 1. The summed E-state index contributed by atoms with van der Waals surface area (Å²) in [4.78, 5) is 12.7. The average molecular weight is 600 g/mol. The van der Waals surface area contributed by atoms with Gasteiger partial charge in [0.15, 0.2) is 33.5 Å². The fraction of sp³-hybridized carbons (Fsp3) is 0.290. The second-order valence-corrected chi connectivity index (χ2v) is 12.0. The summed E-state index contributed by atoms with van der Waals surface area (Å²) >= 11 is 3.26. The molecule has 0 saturated carbocycles. The molecule has 6 rings (SSSR count). The number of aryl methyl sites for hydroxylation is 1. The van der Waals surface area contributed by atoms with E-state index in [0.717, 1.165) is 74.8 Å². The first-order valence-electron chi connectivity index (χ1n) is 13.9. The number of hydrogen-bond donors (Lipinski definition) is 2. The van der Waals surface area contributed by atoms with E-state index >= 15 is 0 Å². The predicted molar refractivity (Wildman–Crippen MR) is 168 cm³/mol. The van der Waals surface area contributed by atoms with Crippen LogP contribution in [-0.2, 0) is 12.8 Å². The molecule has 4 heterocycles. The van der Waals surface area contributed by atoms with Gasteiger partial charge in [0.2, 0.25) is 0 Å². The van der Waals surface area contributed by atoms with Crippen molar-refractivity contribution in [1.29, 1.82) is 0 Å². The highest BCUT2D eigenvalue weighted by Gasteiger charge is 2.26. The predicted octanol–water partition coefficient (Wildman–Crippen LogP) is 6.40. The number of benzene rings is 2. The molecule has 0 radical (unpaired) electrons. The number of thiazole rings is 2. The fourth-order valence-corrected chi connectivity index (χ4v) is 6.65. The summed E-state index contributed by atoms with van der Waals surface area (Å²) in [5, 5.41) is 17.2. The van der Waals surface area contributed by atoms with E-state index in [1.165, 1.54) is 11.6 Å². The Kier molecular flexibility index (Phi) is 8.55. The number of nitrogens with one attached hydrogen (secondary N) is 2. The third-order valence-corrected chi connectivity index (χ3v) is 8.96. The van der Waals surface area contributed by atoms with Crippen molar-refractivity contribution < 1.29 is 9.13 Å². The van der Waals surface area contributed by atoms with Crippen molar-refractivity contribution in [2.45, 2.75) is 32.6 Å². The van der Waals surface area contributed by atoms with Crippen molar-refractivity contribution in [3.05, 3.63) is 76.0 Å². The summed E-state index contributed by atoms with van der Waals surface area (Å²) in [6.07, 6.45) is 5.41. The number of nitrogens with zero attached hydrogens (tertiary/aromatic N) is 5. The largest absolute Gasteiger partial charge is 0.491 e. The van der Waals surface area contributed by atoms with Crippen molar-refractivity contribution in [2.75, 3.05) is 37.0 Å². The van der Waals surface area contributed by atoms with Gasteiger partial charge in [0, 0.05) is 34.3 Å². The van der Waals surface area contributed by atoms with Crippen LogP contribution in [0.2, 0.25) is 0 Å². The van der Waals surface area contributed by atoms with E-state index in [4.69, 9.17) is 9.72 Å². The highest BCUT2D eigenvalue weighted by Crippen LogP contribution is 2.38. The molecule has 3 aromatic heterocycles. The van der Waals surface area contributed by atoms with Gasteiger partial charge in [0.1, 0.15) is 0 Å². The molecule has 0 amide bonds. The molecule has 2 aromatic carbocycles. The van der Waals surface area contributed by atoms with Crippen LogP contribution in [0.15, 0.2) is 48.7 Å². The van der Waals surface area contributed by atoms with Crippen LogP contribution >= 0.6 is 22.7 Å². The number of anilines is 4. The Morgan fingerprint density at radius 2 is 2.05 bits per heavy atom. The normalized spacial score (nSPS) is 12.6. The number of hydrogen-bond acceptors (Lipinski definition) is 10. The van der Waals surface area contributed by atoms with Gasteiger partial charge in [-0.05, 0) is 70.0 Å². The molecule has 0 spiro atoms. The van der Waals surface area contributed by atoms with Gasteiger partial charge in [-0.1, -0.05) is 35.3 Å². The van der Waals surface area contributed by atoms with Crippen LogP contribution in [-0.4, -0.2) is 46.9 Å². The molecule has 0 atom stereocenters. The van der Waals surface area contributed by atoms with Crippen molar-refractivity contribution in [3.8, 4) is 17.6 Å². The lowest BCUT2D eigenvalue weighted by Crippen LogP contribution is -2.27. The second-order valence-electron chi connectivity index (χ2n) is 9.88. The molecule has 8 nitrogen and oxygen atoms in total. The van der Waals surface area contributed by atoms with E-state index in [1.807, 2.05) is 31.4 Å². The number of para-hydroxylation sites is 1. The van der Waals surface area contributed by atoms with Crippen LogP contribution in [0.4, 0.5) is 26.3 Å². The maximum absolute atomic E-state index is 14.4. The van der Waals surface area contributed by atoms with Crippen molar-refractivity contribution in [3.63, 3.8) is 0 Å². The lowest BCUT2D eigenvalue weighted by Gasteiger charge is -2.28. The summed E-state index contributed by atoms with van der Waals surface area (Å²) in [5.74, 6) is 7.31. The van der Waals surface area contributed by atoms with Crippen molar-refractivity contribution in [1.82, 2.24) is 25.5 Å². The zero-order valence-corrected chi connectivity index (χ0v) is 25.0. The molecule has 11 heteroatoms. The van der Waals surface area contributed by atoms with Crippen LogP contribution in [0, 0.1) is 24.6 Å². The Balaban J connectivity index is 1.07. The van der Waals surface area contributed by atoms with Crippen LogP contribution < -0.4 is 20.3 Å². The first-order chi connectivity index (χ1) is 20.6. The lowest BCUT2D eigenvalue weighted by molar-refractivity contribution is 0.296. The average Bonchev–Trinajstić information content (AvgIpc) is 3.64. The van der Waals surface area contributed by atoms with E-state index in [0.29, 0.717) is 18.7 Å². The molecule has 0 fully saturated rings. The number of aromatic nitrogens is 4. The van der Waals surface area contributed by atoms with E-state index in [1.54, 1.807) is 34.8 Å². The first-order valence-corrected chi connectivity index (χ1v) is 15.5. The van der Waals surface area contributed by atoms with Crippen LogP contribution in [0.25, 0.3) is 10.2 Å². The quantitative estimate of drug-likeness (QED) is 0.149. The molecule has 0 saturated heterocycles. The second kappa shape index (κ2) is 12.8. The van der Waals surface area contributed by atoms with Crippen molar-refractivity contribution in [2.24, 2.45) is 0 Å². The maximum atomic E-state index is 14.4. The van der Waals surface area contributed by atoms with Gasteiger partial charge in [0.25, 0.3) is 0 Å². The molecule has 0 bridgehead atoms. The zero-order chi connectivity index (χ0) is 28.9. The lowest BCUT2D eigenvalue weighted by atomic mass is 10.0. The van der Waals surface area contributed by atoms with Crippen LogP contribution in [0.3, 0.4) is 0 Å². The molecule has 1 aliphatic heterocycles. The Morgan fingerprint density at radius 3 is 2.90 bits per heavy atom. The van der Waals surface area contributed by atoms with Gasteiger partial charge in [-0.2, -0.15) is 0 Å². The molecule has 42 heavy (non-hydrogen) atoms. The zero-order valence-electron chi connectivity index (χ0n) is 23.4. The highest BCUT2D eigenvalue weighted by molar-refractivity contribution is 7.22. The molecule has 1 aliphatic rings. The van der Waals surface area contributed by atoms with Gasteiger partial charge in [0.05, 0.1) is 23.4 Å². The number of ether oxygens (including phenoxy) is 1. The Bertz CT molecular complexity index is 1740. The minimum absolute atomic E-state index is 0.245. The Morgan fingerprint density at radius 1 is 1.14 bits per heavy atom. The van der Waals surface area contributed by atoms with Crippen LogP contribution in [0.1, 0.15) is 34.4 Å². The first kappa shape index (κ1) is 28.0. The summed E-state index contributed by atoms with van der Waals surface area (Å²) in [5.41, 5.74) is 3.87. The molecule has 2 N–H and O–H groups in total. The Labute approximate surface area is 252 Å². The van der Waals surface area contributed by atoms with Gasteiger partial charge in [-0.25, -0.2) is 14.4 Å². The summed E-state index contributed by atoms with van der Waals surface area (Å²) in [6, 6.07) is 12.9. The minimum atomic E-state index is -0.398. The summed E-state index contributed by atoms with van der Waals surface area (Å²) < 4.78 is 21.2. The molecule has 5 aromatic rings. The number of fused-ring (bicyclic) bond motifs is 2.